The van der Waals surface area contributed by atoms with Crippen molar-refractivity contribution in [2.45, 2.75) is 36.6 Å². The molecule has 29 heavy (non-hydrogen) atoms. The number of hydrogen-bond donors (Lipinski definition) is 4. The Morgan fingerprint density at radius 1 is 1.38 bits per heavy atom. The number of hydrogen-bond acceptors (Lipinski definition) is 9. The minimum Gasteiger partial charge on any atom is -0.425 e. The van der Waals surface area contributed by atoms with Crippen molar-refractivity contribution in [3.8, 4) is 5.75 Å². The number of nitrogens with two attached hydrogens (primary N) is 1. The zero-order chi connectivity index (χ0) is 20.4. The first kappa shape index (κ1) is 20.1. The van der Waals surface area contributed by atoms with Crippen LogP contribution in [0.5, 0.6) is 5.75 Å². The number of nitrogen functional groups attached to an aromatic ring is 1. The SMILES string of the molecule is Nc1nc2c(ncn2C2CCC(CC(SOc3ccccc3)P(O)O)O2)c(=O)[nH]1. The largest absolute Gasteiger partial charge is 0.425 e. The van der Waals surface area contributed by atoms with E-state index in [9.17, 15) is 14.6 Å². The zero-order valence-corrected chi connectivity index (χ0v) is 16.9. The molecule has 154 valence electrons. The number of fused-ring (bicyclic) bond motifs is 1. The number of nitrogens with zero attached hydrogens (tertiary/aromatic N) is 3. The van der Waals surface area contributed by atoms with Crippen molar-refractivity contribution in [2.75, 3.05) is 5.73 Å². The van der Waals surface area contributed by atoms with Gasteiger partial charge in [-0.2, -0.15) is 4.98 Å². The number of anilines is 1. The van der Waals surface area contributed by atoms with E-state index in [1.54, 1.807) is 16.7 Å². The molecule has 1 aliphatic rings. The Balaban J connectivity index is 1.42. The Morgan fingerprint density at radius 2 is 2.17 bits per heavy atom. The Labute approximate surface area is 171 Å². The van der Waals surface area contributed by atoms with Gasteiger partial charge in [0.1, 0.15) is 17.0 Å². The maximum Gasteiger partial charge on any atom is 0.280 e. The lowest BCUT2D eigenvalue weighted by atomic mass is 10.2. The Hall–Kier alpha value is -2.17. The fraction of sp³-hybridized carbons (Fsp3) is 0.353. The van der Waals surface area contributed by atoms with Crippen molar-refractivity contribution in [3.05, 3.63) is 47.0 Å². The molecule has 0 amide bonds. The first-order valence-electron chi connectivity index (χ1n) is 8.94. The second-order valence-corrected chi connectivity index (χ2v) is 9.11. The number of benzene rings is 1. The van der Waals surface area contributed by atoms with Gasteiger partial charge in [0.15, 0.2) is 19.5 Å². The van der Waals surface area contributed by atoms with Gasteiger partial charge < -0.3 is 24.4 Å². The van der Waals surface area contributed by atoms with Crippen LogP contribution in [0.4, 0.5) is 5.95 Å². The molecule has 1 saturated heterocycles. The summed E-state index contributed by atoms with van der Waals surface area (Å²) in [7, 11) is -2.21. The van der Waals surface area contributed by atoms with Gasteiger partial charge in [-0.1, -0.05) is 18.2 Å². The van der Waals surface area contributed by atoms with Crippen LogP contribution >= 0.6 is 20.4 Å². The van der Waals surface area contributed by atoms with E-state index in [4.69, 9.17) is 14.7 Å². The lowest BCUT2D eigenvalue weighted by Crippen LogP contribution is -2.17. The highest BCUT2D eigenvalue weighted by atomic mass is 32.2. The van der Waals surface area contributed by atoms with Crippen LogP contribution in [0.1, 0.15) is 25.5 Å². The topological polar surface area (TPSA) is 149 Å². The molecule has 1 aromatic carbocycles. The van der Waals surface area contributed by atoms with Crippen LogP contribution in [-0.2, 0) is 4.74 Å². The van der Waals surface area contributed by atoms with Crippen molar-refractivity contribution in [1.82, 2.24) is 19.5 Å². The lowest BCUT2D eigenvalue weighted by molar-refractivity contribution is 0.00208. The van der Waals surface area contributed by atoms with E-state index in [1.165, 1.54) is 6.33 Å². The maximum absolute atomic E-state index is 11.9. The normalized spacial score (nSPS) is 20.4. The van der Waals surface area contributed by atoms with Gasteiger partial charge in [0, 0.05) is 0 Å². The molecular formula is C17H20N5O5PS. The van der Waals surface area contributed by atoms with Crippen LogP contribution in [0, 0.1) is 0 Å². The number of rotatable bonds is 7. The van der Waals surface area contributed by atoms with E-state index >= 15 is 0 Å². The third-order valence-electron chi connectivity index (χ3n) is 4.57. The Bertz CT molecular complexity index is 1030. The van der Waals surface area contributed by atoms with Crippen LogP contribution in [0.3, 0.4) is 0 Å². The molecule has 0 bridgehead atoms. The van der Waals surface area contributed by atoms with Crippen LogP contribution in [0.15, 0.2) is 41.5 Å². The summed E-state index contributed by atoms with van der Waals surface area (Å²) in [6.45, 7) is 0. The van der Waals surface area contributed by atoms with Gasteiger partial charge in [0.2, 0.25) is 5.95 Å². The van der Waals surface area contributed by atoms with E-state index in [0.717, 1.165) is 12.0 Å². The van der Waals surface area contributed by atoms with Crippen LogP contribution in [0.2, 0.25) is 0 Å². The molecule has 0 spiro atoms. The second-order valence-electron chi connectivity index (χ2n) is 6.57. The monoisotopic (exact) mass is 437 g/mol. The molecule has 0 radical (unpaired) electrons. The maximum atomic E-state index is 11.9. The zero-order valence-electron chi connectivity index (χ0n) is 15.2. The van der Waals surface area contributed by atoms with Gasteiger partial charge in [-0.05, 0) is 31.4 Å². The smallest absolute Gasteiger partial charge is 0.280 e. The Morgan fingerprint density at radius 3 is 2.93 bits per heavy atom. The predicted octanol–water partition coefficient (Wildman–Crippen LogP) is 2.12. The van der Waals surface area contributed by atoms with Gasteiger partial charge in [-0.3, -0.25) is 14.3 Å². The van der Waals surface area contributed by atoms with Crippen molar-refractivity contribution >= 4 is 37.5 Å². The average molecular weight is 437 g/mol. The molecule has 1 fully saturated rings. The number of para-hydroxylation sites is 1. The standard InChI is InChI=1S/C17H20N5O5PS/c18-17-20-15-14(16(23)21-17)19-9-22(15)12-7-6-11(26-12)8-13(28(24)25)29-27-10-4-2-1-3-5-10/h1-5,9,11-13,24-25H,6-8H2,(H3,18,20,21,23). The van der Waals surface area contributed by atoms with Gasteiger partial charge in [-0.15, -0.1) is 0 Å². The molecule has 4 rings (SSSR count). The first-order valence-corrected chi connectivity index (χ1v) is 11.1. The summed E-state index contributed by atoms with van der Waals surface area (Å²) in [6.07, 6.45) is 2.76. The van der Waals surface area contributed by atoms with Crippen LogP contribution in [0.25, 0.3) is 11.2 Å². The molecule has 3 aromatic rings. The van der Waals surface area contributed by atoms with Gasteiger partial charge in [0.25, 0.3) is 5.56 Å². The van der Waals surface area contributed by atoms with E-state index < -0.39 is 18.9 Å². The molecular weight excluding hydrogens is 417 g/mol. The first-order chi connectivity index (χ1) is 14.0. The summed E-state index contributed by atoms with van der Waals surface area (Å²) in [6, 6.07) is 9.17. The highest BCUT2D eigenvalue weighted by Crippen LogP contribution is 2.45. The van der Waals surface area contributed by atoms with Gasteiger partial charge >= 0.3 is 0 Å². The molecule has 0 saturated carbocycles. The predicted molar refractivity (Wildman–Crippen MR) is 110 cm³/mol. The summed E-state index contributed by atoms with van der Waals surface area (Å²) in [5.74, 6) is 0.655. The van der Waals surface area contributed by atoms with E-state index in [2.05, 4.69) is 15.0 Å². The molecule has 10 nitrogen and oxygen atoms in total. The molecule has 3 unspecified atom stereocenters. The van der Waals surface area contributed by atoms with Crippen molar-refractivity contribution in [2.24, 2.45) is 0 Å². The highest BCUT2D eigenvalue weighted by molar-refractivity contribution is 8.00. The molecule has 1 aliphatic heterocycles. The fourth-order valence-electron chi connectivity index (χ4n) is 3.20. The molecule has 0 aliphatic carbocycles. The fourth-order valence-corrected chi connectivity index (χ4v) is 4.69. The van der Waals surface area contributed by atoms with Crippen LogP contribution < -0.4 is 15.5 Å². The van der Waals surface area contributed by atoms with E-state index in [1.807, 2.05) is 18.2 Å². The number of aromatic amines is 1. The Kier molecular flexibility index (Phi) is 6.02. The lowest BCUT2D eigenvalue weighted by Gasteiger charge is -2.21. The number of imidazole rings is 1. The molecule has 2 aromatic heterocycles. The summed E-state index contributed by atoms with van der Waals surface area (Å²) >= 11 is 1.03. The highest BCUT2D eigenvalue weighted by Gasteiger charge is 2.33. The number of aromatic nitrogens is 4. The minimum atomic E-state index is -2.21. The molecule has 3 heterocycles. The van der Waals surface area contributed by atoms with Crippen LogP contribution in [-0.4, -0.2) is 40.4 Å². The quantitative estimate of drug-likeness (QED) is 0.322. The summed E-state index contributed by atoms with van der Waals surface area (Å²) in [4.78, 5) is 41.7. The summed E-state index contributed by atoms with van der Waals surface area (Å²) in [5, 5.41) is 0. The minimum absolute atomic E-state index is 0.0134. The van der Waals surface area contributed by atoms with E-state index in [0.29, 0.717) is 30.7 Å². The van der Waals surface area contributed by atoms with Gasteiger partial charge in [-0.25, -0.2) is 4.98 Å². The third-order valence-corrected chi connectivity index (χ3v) is 6.82. The van der Waals surface area contributed by atoms with Crippen molar-refractivity contribution < 1.29 is 18.7 Å². The molecule has 3 atom stereocenters. The summed E-state index contributed by atoms with van der Waals surface area (Å²) < 4.78 is 13.4. The average Bonchev–Trinajstić information content (AvgIpc) is 3.32. The molecule has 5 N–H and O–H groups in total. The van der Waals surface area contributed by atoms with Gasteiger partial charge in [0.05, 0.1) is 24.5 Å². The number of ether oxygens (including phenoxy) is 1. The number of nitrogens with one attached hydrogen (secondary N) is 1. The molecule has 12 heteroatoms. The van der Waals surface area contributed by atoms with Crippen molar-refractivity contribution in [1.29, 1.82) is 0 Å². The number of H-pyrrole nitrogens is 1. The summed E-state index contributed by atoms with van der Waals surface area (Å²) in [5.41, 5.74) is 5.80. The third kappa shape index (κ3) is 4.54. The van der Waals surface area contributed by atoms with E-state index in [-0.39, 0.29) is 23.8 Å². The second kappa shape index (κ2) is 8.68. The van der Waals surface area contributed by atoms with Crippen molar-refractivity contribution in [3.63, 3.8) is 0 Å².